The molecule has 0 saturated carbocycles. The molecule has 26 heavy (non-hydrogen) atoms. The minimum atomic E-state index is -0.599. The number of carbonyl (C=O) groups is 3. The van der Waals surface area contributed by atoms with E-state index >= 15 is 0 Å². The summed E-state index contributed by atoms with van der Waals surface area (Å²) in [5.74, 6) is -1.53. The van der Waals surface area contributed by atoms with Crippen LogP contribution in [0.15, 0.2) is 22.7 Å². The van der Waals surface area contributed by atoms with E-state index in [0.717, 1.165) is 15.0 Å². The summed E-state index contributed by atoms with van der Waals surface area (Å²) < 4.78 is 5.86. The highest BCUT2D eigenvalue weighted by molar-refractivity contribution is 9.10. The maximum Gasteiger partial charge on any atom is 0.350 e. The van der Waals surface area contributed by atoms with Gasteiger partial charge in [0.25, 0.3) is 5.91 Å². The lowest BCUT2D eigenvalue weighted by Gasteiger charge is -2.10. The number of aryl methyl sites for hydroxylation is 3. The van der Waals surface area contributed by atoms with Gasteiger partial charge in [-0.2, -0.15) is 0 Å². The van der Waals surface area contributed by atoms with Crippen LogP contribution in [0.4, 0.5) is 5.69 Å². The second-order valence-electron chi connectivity index (χ2n) is 5.51. The molecule has 0 spiro atoms. The molecule has 0 saturated heterocycles. The smallest absolute Gasteiger partial charge is 0.350 e. The highest BCUT2D eigenvalue weighted by Crippen LogP contribution is 2.20. The fraction of sp³-hybridized carbons (Fsp3) is 0.294. The van der Waals surface area contributed by atoms with Crippen molar-refractivity contribution < 1.29 is 19.1 Å². The Labute approximate surface area is 163 Å². The van der Waals surface area contributed by atoms with Gasteiger partial charge < -0.3 is 15.4 Å². The van der Waals surface area contributed by atoms with Crippen molar-refractivity contribution in [1.82, 2.24) is 10.3 Å². The summed E-state index contributed by atoms with van der Waals surface area (Å²) in [6, 6.07) is 5.45. The second kappa shape index (κ2) is 8.91. The Balaban J connectivity index is 1.76. The molecule has 0 radical (unpaired) electrons. The van der Waals surface area contributed by atoms with E-state index in [0.29, 0.717) is 16.3 Å². The Morgan fingerprint density at radius 1 is 1.19 bits per heavy atom. The van der Waals surface area contributed by atoms with Gasteiger partial charge in [-0.3, -0.25) is 9.59 Å². The summed E-state index contributed by atoms with van der Waals surface area (Å²) in [5.41, 5.74) is 2.13. The number of anilines is 1. The third-order valence-corrected chi connectivity index (χ3v) is 4.88. The van der Waals surface area contributed by atoms with E-state index < -0.39 is 18.5 Å². The van der Waals surface area contributed by atoms with Crippen LogP contribution in [0, 0.1) is 20.8 Å². The van der Waals surface area contributed by atoms with E-state index in [2.05, 4.69) is 31.5 Å². The predicted molar refractivity (Wildman–Crippen MR) is 102 cm³/mol. The van der Waals surface area contributed by atoms with Crippen LogP contribution in [-0.4, -0.2) is 35.9 Å². The lowest BCUT2D eigenvalue weighted by atomic mass is 10.2. The number of nitrogens with zero attached hydrogens (tertiary/aromatic N) is 1. The number of ether oxygens (including phenoxy) is 1. The molecule has 1 aromatic heterocycles. The van der Waals surface area contributed by atoms with Crippen LogP contribution < -0.4 is 10.6 Å². The van der Waals surface area contributed by atoms with Gasteiger partial charge in [0.05, 0.1) is 17.2 Å². The first-order valence-corrected chi connectivity index (χ1v) is 9.31. The third-order valence-electron chi connectivity index (χ3n) is 3.33. The first-order valence-electron chi connectivity index (χ1n) is 7.70. The van der Waals surface area contributed by atoms with Crippen molar-refractivity contribution in [2.45, 2.75) is 20.8 Å². The predicted octanol–water partition coefficient (Wildman–Crippen LogP) is 2.74. The lowest BCUT2D eigenvalue weighted by molar-refractivity contribution is -0.126. The number of hydrogen-bond acceptors (Lipinski definition) is 6. The molecule has 0 atom stereocenters. The summed E-state index contributed by atoms with van der Waals surface area (Å²) in [7, 11) is 0. The van der Waals surface area contributed by atoms with E-state index in [-0.39, 0.29) is 12.5 Å². The Bertz CT molecular complexity index is 851. The van der Waals surface area contributed by atoms with Gasteiger partial charge in [-0.15, -0.1) is 11.3 Å². The van der Waals surface area contributed by atoms with Crippen LogP contribution in [-0.2, 0) is 14.3 Å². The van der Waals surface area contributed by atoms with Crippen molar-refractivity contribution in [1.29, 1.82) is 0 Å². The Morgan fingerprint density at radius 3 is 2.54 bits per heavy atom. The number of nitrogens with one attached hydrogen (secondary N) is 2. The SMILES string of the molecule is Cc1nc(C)c(C(=O)OCC(=O)NCC(=O)Nc2ccc(Br)cc2C)s1. The number of amides is 2. The van der Waals surface area contributed by atoms with Crippen LogP contribution in [0.5, 0.6) is 0 Å². The van der Waals surface area contributed by atoms with Gasteiger partial charge in [0.1, 0.15) is 4.88 Å². The van der Waals surface area contributed by atoms with Gasteiger partial charge in [0.2, 0.25) is 5.91 Å². The quantitative estimate of drug-likeness (QED) is 0.674. The standard InChI is InChI=1S/C17H18BrN3O4S/c1-9-6-12(18)4-5-13(9)21-14(22)7-19-15(23)8-25-17(24)16-10(2)20-11(3)26-16/h4-6H,7-8H2,1-3H3,(H,19,23)(H,21,22). The summed E-state index contributed by atoms with van der Waals surface area (Å²) in [6.07, 6.45) is 0. The molecule has 1 aromatic carbocycles. The zero-order valence-electron chi connectivity index (χ0n) is 14.5. The third kappa shape index (κ3) is 5.63. The minimum Gasteiger partial charge on any atom is -0.451 e. The molecule has 7 nitrogen and oxygen atoms in total. The largest absolute Gasteiger partial charge is 0.451 e. The van der Waals surface area contributed by atoms with Crippen LogP contribution in [0.25, 0.3) is 0 Å². The Morgan fingerprint density at radius 2 is 1.92 bits per heavy atom. The van der Waals surface area contributed by atoms with E-state index in [1.165, 1.54) is 11.3 Å². The molecule has 0 unspecified atom stereocenters. The number of halogens is 1. The zero-order chi connectivity index (χ0) is 19.3. The maximum atomic E-state index is 11.9. The highest BCUT2D eigenvalue weighted by Gasteiger charge is 2.17. The fourth-order valence-corrected chi connectivity index (χ4v) is 3.40. The molecule has 2 rings (SSSR count). The Kier molecular flexibility index (Phi) is 6.87. The van der Waals surface area contributed by atoms with Gasteiger partial charge in [0.15, 0.2) is 6.61 Å². The van der Waals surface area contributed by atoms with Crippen molar-refractivity contribution in [3.8, 4) is 0 Å². The number of carbonyl (C=O) groups excluding carboxylic acids is 3. The van der Waals surface area contributed by atoms with Crippen LogP contribution in [0.1, 0.15) is 25.9 Å². The fourth-order valence-electron chi connectivity index (χ4n) is 2.11. The number of hydrogen-bond donors (Lipinski definition) is 2. The van der Waals surface area contributed by atoms with Gasteiger partial charge >= 0.3 is 5.97 Å². The number of esters is 1. The van der Waals surface area contributed by atoms with Crippen molar-refractivity contribution in [3.05, 3.63) is 43.8 Å². The van der Waals surface area contributed by atoms with Crippen LogP contribution in [0.2, 0.25) is 0 Å². The first-order chi connectivity index (χ1) is 12.3. The summed E-state index contributed by atoms with van der Waals surface area (Å²) in [6.45, 7) is 4.67. The molecule has 1 heterocycles. The number of benzene rings is 1. The molecular formula is C17H18BrN3O4S. The number of rotatable bonds is 6. The van der Waals surface area contributed by atoms with Gasteiger partial charge in [-0.1, -0.05) is 15.9 Å². The normalized spacial score (nSPS) is 10.3. The average Bonchev–Trinajstić information content (AvgIpc) is 2.92. The van der Waals surface area contributed by atoms with E-state index in [4.69, 9.17) is 4.74 Å². The molecule has 0 aliphatic carbocycles. The topological polar surface area (TPSA) is 97.4 Å². The molecular weight excluding hydrogens is 422 g/mol. The van der Waals surface area contributed by atoms with Crippen LogP contribution in [0.3, 0.4) is 0 Å². The van der Waals surface area contributed by atoms with Crippen molar-refractivity contribution in [2.24, 2.45) is 0 Å². The molecule has 2 amide bonds. The molecule has 2 aromatic rings. The van der Waals surface area contributed by atoms with Gasteiger partial charge in [0, 0.05) is 10.2 Å². The number of aromatic nitrogens is 1. The van der Waals surface area contributed by atoms with Crippen LogP contribution >= 0.6 is 27.3 Å². The molecule has 0 bridgehead atoms. The van der Waals surface area contributed by atoms with Gasteiger partial charge in [-0.05, 0) is 44.5 Å². The van der Waals surface area contributed by atoms with Gasteiger partial charge in [-0.25, -0.2) is 9.78 Å². The molecule has 9 heteroatoms. The second-order valence-corrected chi connectivity index (χ2v) is 7.63. The molecule has 2 N–H and O–H groups in total. The highest BCUT2D eigenvalue weighted by atomic mass is 79.9. The zero-order valence-corrected chi connectivity index (χ0v) is 16.9. The summed E-state index contributed by atoms with van der Waals surface area (Å²) >= 11 is 4.56. The first kappa shape index (κ1) is 20.1. The number of thiazole rings is 1. The maximum absolute atomic E-state index is 11.9. The molecule has 0 aliphatic rings. The molecule has 0 fully saturated rings. The van der Waals surface area contributed by atoms with E-state index in [1.807, 2.05) is 19.1 Å². The van der Waals surface area contributed by atoms with E-state index in [1.54, 1.807) is 19.9 Å². The molecule has 0 aliphatic heterocycles. The van der Waals surface area contributed by atoms with Crippen molar-refractivity contribution in [3.63, 3.8) is 0 Å². The van der Waals surface area contributed by atoms with Crippen molar-refractivity contribution >= 4 is 50.7 Å². The Hall–Kier alpha value is -2.26. The average molecular weight is 440 g/mol. The monoisotopic (exact) mass is 439 g/mol. The molecule has 138 valence electrons. The summed E-state index contributed by atoms with van der Waals surface area (Å²) in [5, 5.41) is 5.86. The lowest BCUT2D eigenvalue weighted by Crippen LogP contribution is -2.35. The minimum absolute atomic E-state index is 0.218. The van der Waals surface area contributed by atoms with Crippen molar-refractivity contribution in [2.75, 3.05) is 18.5 Å². The van der Waals surface area contributed by atoms with E-state index in [9.17, 15) is 14.4 Å². The summed E-state index contributed by atoms with van der Waals surface area (Å²) in [4.78, 5) is 40.1.